The average molecular weight is 279 g/mol. The maximum Gasteiger partial charge on any atom is 0.299 e. The Morgan fingerprint density at radius 1 is 1.00 bits per heavy atom. The van der Waals surface area contributed by atoms with Crippen LogP contribution >= 0.6 is 0 Å². The summed E-state index contributed by atoms with van der Waals surface area (Å²) < 4.78 is 0. The standard InChI is InChI=1S/C18H17NO2/c1-12-10-13(2)16-15(11-12)17(20)18(21)19(16)9-8-14-6-4-3-5-7-14/h3-7,10-11H,8-9H2,1-2H3. The van der Waals surface area contributed by atoms with Crippen molar-refractivity contribution in [3.8, 4) is 0 Å². The number of carbonyl (C=O) groups excluding carboxylic acids is 2. The lowest BCUT2D eigenvalue weighted by atomic mass is 10.0. The molecule has 0 bridgehead atoms. The minimum absolute atomic E-state index is 0.384. The van der Waals surface area contributed by atoms with Gasteiger partial charge in [-0.1, -0.05) is 36.4 Å². The molecule has 0 N–H and O–H groups in total. The summed E-state index contributed by atoms with van der Waals surface area (Å²) in [6.45, 7) is 4.43. The summed E-state index contributed by atoms with van der Waals surface area (Å²) in [5, 5.41) is 0. The molecule has 0 aromatic heterocycles. The number of aryl methyl sites for hydroxylation is 2. The van der Waals surface area contributed by atoms with Crippen molar-refractivity contribution >= 4 is 17.4 Å². The Morgan fingerprint density at radius 2 is 1.71 bits per heavy atom. The van der Waals surface area contributed by atoms with Crippen LogP contribution in [0.15, 0.2) is 42.5 Å². The van der Waals surface area contributed by atoms with Gasteiger partial charge < -0.3 is 4.90 Å². The van der Waals surface area contributed by atoms with E-state index in [0.717, 1.165) is 28.8 Å². The highest BCUT2D eigenvalue weighted by Crippen LogP contribution is 2.33. The first-order valence-electron chi connectivity index (χ1n) is 7.09. The molecule has 106 valence electrons. The Hall–Kier alpha value is -2.42. The molecule has 0 saturated heterocycles. The smallest absolute Gasteiger partial charge is 0.299 e. The van der Waals surface area contributed by atoms with E-state index >= 15 is 0 Å². The summed E-state index contributed by atoms with van der Waals surface area (Å²) in [5.74, 6) is -0.792. The number of Topliss-reactive ketones (excluding diaryl/α,β-unsaturated/α-hetero) is 1. The molecule has 3 rings (SSSR count). The Balaban J connectivity index is 1.91. The van der Waals surface area contributed by atoms with Gasteiger partial charge in [0.1, 0.15) is 0 Å². The summed E-state index contributed by atoms with van der Waals surface area (Å²) in [5.41, 5.74) is 4.49. The molecular weight excluding hydrogens is 262 g/mol. The van der Waals surface area contributed by atoms with Crippen LogP contribution in [0.1, 0.15) is 27.0 Å². The Morgan fingerprint density at radius 3 is 2.43 bits per heavy atom. The maximum atomic E-state index is 12.2. The van der Waals surface area contributed by atoms with E-state index in [4.69, 9.17) is 0 Å². The van der Waals surface area contributed by atoms with Crippen molar-refractivity contribution in [3.05, 3.63) is 64.7 Å². The third-order valence-electron chi connectivity index (χ3n) is 3.87. The van der Waals surface area contributed by atoms with Crippen molar-refractivity contribution < 1.29 is 9.59 Å². The zero-order valence-corrected chi connectivity index (χ0v) is 12.2. The van der Waals surface area contributed by atoms with E-state index in [2.05, 4.69) is 0 Å². The van der Waals surface area contributed by atoms with Gasteiger partial charge in [0.2, 0.25) is 0 Å². The van der Waals surface area contributed by atoms with Gasteiger partial charge in [-0.25, -0.2) is 0 Å². The number of amides is 1. The van der Waals surface area contributed by atoms with Crippen LogP contribution in [0.2, 0.25) is 0 Å². The van der Waals surface area contributed by atoms with Crippen molar-refractivity contribution in [2.24, 2.45) is 0 Å². The fraction of sp³-hybridized carbons (Fsp3) is 0.222. The second-order valence-electron chi connectivity index (χ2n) is 5.50. The molecule has 1 aliphatic heterocycles. The van der Waals surface area contributed by atoms with E-state index < -0.39 is 5.91 Å². The Bertz CT molecular complexity index is 719. The van der Waals surface area contributed by atoms with Crippen LogP contribution in [0.25, 0.3) is 0 Å². The summed E-state index contributed by atoms with van der Waals surface area (Å²) in [4.78, 5) is 26.0. The number of benzene rings is 2. The topological polar surface area (TPSA) is 37.4 Å². The van der Waals surface area contributed by atoms with E-state index in [0.29, 0.717) is 12.1 Å². The monoisotopic (exact) mass is 279 g/mol. The predicted molar refractivity (Wildman–Crippen MR) is 82.7 cm³/mol. The molecule has 0 unspecified atom stereocenters. The molecule has 1 aliphatic rings. The van der Waals surface area contributed by atoms with Crippen LogP contribution in [-0.2, 0) is 11.2 Å². The molecule has 0 atom stereocenters. The summed E-state index contributed by atoms with van der Waals surface area (Å²) in [7, 11) is 0. The van der Waals surface area contributed by atoms with Gasteiger partial charge in [-0.15, -0.1) is 0 Å². The number of carbonyl (C=O) groups is 2. The van der Waals surface area contributed by atoms with Gasteiger partial charge >= 0.3 is 0 Å². The second-order valence-corrected chi connectivity index (χ2v) is 5.50. The highest BCUT2D eigenvalue weighted by Gasteiger charge is 2.36. The normalized spacial score (nSPS) is 13.7. The number of ketones is 1. The van der Waals surface area contributed by atoms with E-state index in [1.807, 2.05) is 56.3 Å². The third-order valence-corrected chi connectivity index (χ3v) is 3.87. The zero-order chi connectivity index (χ0) is 15.0. The number of hydrogen-bond donors (Lipinski definition) is 0. The van der Waals surface area contributed by atoms with Crippen molar-refractivity contribution in [2.45, 2.75) is 20.3 Å². The first-order valence-corrected chi connectivity index (χ1v) is 7.09. The quantitative estimate of drug-likeness (QED) is 0.810. The molecule has 3 heteroatoms. The van der Waals surface area contributed by atoms with Crippen LogP contribution < -0.4 is 4.90 Å². The molecule has 0 radical (unpaired) electrons. The molecule has 0 fully saturated rings. The molecular formula is C18H17NO2. The number of fused-ring (bicyclic) bond motifs is 1. The maximum absolute atomic E-state index is 12.2. The van der Waals surface area contributed by atoms with Crippen LogP contribution in [-0.4, -0.2) is 18.2 Å². The van der Waals surface area contributed by atoms with Gasteiger partial charge in [-0.2, -0.15) is 0 Å². The fourth-order valence-corrected chi connectivity index (χ4v) is 2.93. The van der Waals surface area contributed by atoms with Gasteiger partial charge in [-0.3, -0.25) is 9.59 Å². The van der Waals surface area contributed by atoms with E-state index in [1.165, 1.54) is 0 Å². The van der Waals surface area contributed by atoms with Crippen LogP contribution in [0.3, 0.4) is 0 Å². The molecule has 2 aromatic rings. The second kappa shape index (κ2) is 5.17. The SMILES string of the molecule is Cc1cc(C)c2c(c1)C(=O)C(=O)N2CCc1ccccc1. The number of anilines is 1. The molecule has 1 heterocycles. The van der Waals surface area contributed by atoms with Gasteiger partial charge in [0.15, 0.2) is 0 Å². The molecule has 1 amide bonds. The van der Waals surface area contributed by atoms with Crippen molar-refractivity contribution in [1.82, 2.24) is 0 Å². The zero-order valence-electron chi connectivity index (χ0n) is 12.2. The van der Waals surface area contributed by atoms with Crippen LogP contribution in [0.4, 0.5) is 5.69 Å². The summed E-state index contributed by atoms with van der Waals surface area (Å²) >= 11 is 0. The van der Waals surface area contributed by atoms with Gasteiger partial charge in [0, 0.05) is 6.54 Å². The summed E-state index contributed by atoms with van der Waals surface area (Å²) in [6.07, 6.45) is 0.743. The minimum atomic E-state index is -0.408. The predicted octanol–water partition coefficient (Wildman–Crippen LogP) is 3.08. The van der Waals surface area contributed by atoms with Crippen molar-refractivity contribution in [3.63, 3.8) is 0 Å². The highest BCUT2D eigenvalue weighted by atomic mass is 16.2. The minimum Gasteiger partial charge on any atom is -0.304 e. The van der Waals surface area contributed by atoms with Gasteiger partial charge in [0.25, 0.3) is 11.7 Å². The molecule has 2 aromatic carbocycles. The molecule has 0 aliphatic carbocycles. The van der Waals surface area contributed by atoms with Crippen LogP contribution in [0.5, 0.6) is 0 Å². The van der Waals surface area contributed by atoms with Gasteiger partial charge in [-0.05, 0) is 43.0 Å². The Labute approximate surface area is 124 Å². The molecule has 3 nitrogen and oxygen atoms in total. The van der Waals surface area contributed by atoms with E-state index in [9.17, 15) is 9.59 Å². The van der Waals surface area contributed by atoms with E-state index in [-0.39, 0.29) is 5.78 Å². The highest BCUT2D eigenvalue weighted by molar-refractivity contribution is 6.52. The van der Waals surface area contributed by atoms with Crippen molar-refractivity contribution in [1.29, 1.82) is 0 Å². The largest absolute Gasteiger partial charge is 0.304 e. The number of nitrogens with zero attached hydrogens (tertiary/aromatic N) is 1. The van der Waals surface area contributed by atoms with Gasteiger partial charge in [0.05, 0.1) is 11.3 Å². The number of hydrogen-bond acceptors (Lipinski definition) is 2. The lowest BCUT2D eigenvalue weighted by molar-refractivity contribution is -0.114. The number of rotatable bonds is 3. The first-order chi connectivity index (χ1) is 10.1. The third kappa shape index (κ3) is 2.35. The van der Waals surface area contributed by atoms with Crippen LogP contribution in [0, 0.1) is 13.8 Å². The lowest BCUT2D eigenvalue weighted by Gasteiger charge is -2.18. The van der Waals surface area contributed by atoms with E-state index in [1.54, 1.807) is 4.90 Å². The fourth-order valence-electron chi connectivity index (χ4n) is 2.93. The first kappa shape index (κ1) is 13.6. The Kier molecular flexibility index (Phi) is 3.34. The lowest BCUT2D eigenvalue weighted by Crippen LogP contribution is -2.32. The summed E-state index contributed by atoms with van der Waals surface area (Å²) in [6, 6.07) is 13.8. The molecule has 0 saturated carbocycles. The molecule has 21 heavy (non-hydrogen) atoms. The molecule has 0 spiro atoms. The average Bonchev–Trinajstić information content (AvgIpc) is 2.71. The van der Waals surface area contributed by atoms with Crippen molar-refractivity contribution in [2.75, 3.05) is 11.4 Å².